The summed E-state index contributed by atoms with van der Waals surface area (Å²) >= 11 is 1.56. The molecule has 0 spiro atoms. The third-order valence-electron chi connectivity index (χ3n) is 4.10. The van der Waals surface area contributed by atoms with Crippen molar-refractivity contribution in [2.75, 3.05) is 31.5 Å². The number of nitrogens with zero attached hydrogens (tertiary/aromatic N) is 1. The molecule has 0 saturated carbocycles. The van der Waals surface area contributed by atoms with E-state index in [0.717, 1.165) is 0 Å². The Balaban J connectivity index is 2.36. The highest BCUT2D eigenvalue weighted by atomic mass is 32.2. The SMILES string of the molecule is CCOc1cc(C(=O)N2CSCC2C(=O)NC(C)(C)C)cc(OCC)c1OCC. The molecule has 0 aromatic heterocycles. The predicted molar refractivity (Wildman–Crippen MR) is 115 cm³/mol. The Labute approximate surface area is 177 Å². The zero-order valence-electron chi connectivity index (χ0n) is 18.2. The maximum Gasteiger partial charge on any atom is 0.255 e. The molecule has 1 N–H and O–H groups in total. The van der Waals surface area contributed by atoms with Crippen LogP contribution in [0.25, 0.3) is 0 Å². The molecule has 8 heteroatoms. The summed E-state index contributed by atoms with van der Waals surface area (Å²) in [4.78, 5) is 27.6. The fourth-order valence-electron chi connectivity index (χ4n) is 2.99. The van der Waals surface area contributed by atoms with Crippen LogP contribution in [-0.2, 0) is 4.79 Å². The molecule has 2 amide bonds. The van der Waals surface area contributed by atoms with E-state index in [1.165, 1.54) is 0 Å². The summed E-state index contributed by atoms with van der Waals surface area (Å²) in [6, 6.07) is 2.83. The van der Waals surface area contributed by atoms with Gasteiger partial charge in [-0.25, -0.2) is 0 Å². The molecule has 1 atom stereocenters. The fraction of sp³-hybridized carbons (Fsp3) is 0.619. The van der Waals surface area contributed by atoms with Crippen molar-refractivity contribution in [3.63, 3.8) is 0 Å². The number of rotatable bonds is 8. The number of amides is 2. The van der Waals surface area contributed by atoms with E-state index in [1.54, 1.807) is 28.8 Å². The molecular formula is C21H32N2O5S. The lowest BCUT2D eigenvalue weighted by atomic mass is 10.1. The number of nitrogens with one attached hydrogen (secondary N) is 1. The highest BCUT2D eigenvalue weighted by molar-refractivity contribution is 7.99. The highest BCUT2D eigenvalue weighted by Crippen LogP contribution is 2.40. The van der Waals surface area contributed by atoms with Gasteiger partial charge in [0.05, 0.1) is 25.7 Å². The summed E-state index contributed by atoms with van der Waals surface area (Å²) in [6.07, 6.45) is 0. The fourth-order valence-corrected chi connectivity index (χ4v) is 4.14. The van der Waals surface area contributed by atoms with E-state index in [2.05, 4.69) is 5.32 Å². The van der Waals surface area contributed by atoms with Gasteiger partial charge < -0.3 is 24.4 Å². The molecule has 1 aromatic rings. The van der Waals surface area contributed by atoms with Crippen molar-refractivity contribution in [3.8, 4) is 17.2 Å². The van der Waals surface area contributed by atoms with Crippen molar-refractivity contribution in [2.45, 2.75) is 53.1 Å². The van der Waals surface area contributed by atoms with Gasteiger partial charge in [0, 0.05) is 16.9 Å². The lowest BCUT2D eigenvalue weighted by Crippen LogP contribution is -2.52. The van der Waals surface area contributed by atoms with Crippen molar-refractivity contribution in [1.82, 2.24) is 10.2 Å². The Morgan fingerprint density at radius 1 is 1.07 bits per heavy atom. The van der Waals surface area contributed by atoms with Gasteiger partial charge in [0.25, 0.3) is 5.91 Å². The summed E-state index contributed by atoms with van der Waals surface area (Å²) in [5, 5.41) is 2.97. The molecule has 1 saturated heterocycles. The van der Waals surface area contributed by atoms with E-state index < -0.39 is 6.04 Å². The molecule has 2 rings (SSSR count). The summed E-state index contributed by atoms with van der Waals surface area (Å²) in [7, 11) is 0. The van der Waals surface area contributed by atoms with Crippen LogP contribution in [-0.4, -0.2) is 59.7 Å². The van der Waals surface area contributed by atoms with E-state index in [1.807, 2.05) is 41.5 Å². The third-order valence-corrected chi connectivity index (χ3v) is 5.11. The lowest BCUT2D eigenvalue weighted by Gasteiger charge is -2.28. The van der Waals surface area contributed by atoms with Crippen molar-refractivity contribution in [2.24, 2.45) is 0 Å². The van der Waals surface area contributed by atoms with Crippen LogP contribution in [0.2, 0.25) is 0 Å². The zero-order valence-corrected chi connectivity index (χ0v) is 19.0. The topological polar surface area (TPSA) is 77.1 Å². The van der Waals surface area contributed by atoms with Gasteiger partial charge in [0.15, 0.2) is 11.5 Å². The maximum atomic E-state index is 13.3. The molecule has 1 unspecified atom stereocenters. The Kier molecular flexibility index (Phi) is 8.07. The Morgan fingerprint density at radius 3 is 2.10 bits per heavy atom. The van der Waals surface area contributed by atoms with Gasteiger partial charge in [-0.1, -0.05) is 0 Å². The first-order valence-electron chi connectivity index (χ1n) is 9.98. The predicted octanol–water partition coefficient (Wildman–Crippen LogP) is 3.31. The number of carbonyl (C=O) groups is 2. The normalized spacial score (nSPS) is 16.5. The number of ether oxygens (including phenoxy) is 3. The largest absolute Gasteiger partial charge is 0.490 e. The first kappa shape index (κ1) is 23.2. The van der Waals surface area contributed by atoms with Gasteiger partial charge in [-0.15, -0.1) is 11.8 Å². The molecule has 0 radical (unpaired) electrons. The number of hydrogen-bond donors (Lipinski definition) is 1. The van der Waals surface area contributed by atoms with Crippen LogP contribution in [0, 0.1) is 0 Å². The van der Waals surface area contributed by atoms with Crippen molar-refractivity contribution < 1.29 is 23.8 Å². The monoisotopic (exact) mass is 424 g/mol. The van der Waals surface area contributed by atoms with Crippen LogP contribution in [0.5, 0.6) is 17.2 Å². The molecule has 0 aliphatic carbocycles. The second kappa shape index (κ2) is 10.1. The Bertz CT molecular complexity index is 705. The number of carbonyl (C=O) groups excluding carboxylic acids is 2. The average molecular weight is 425 g/mol. The zero-order chi connectivity index (χ0) is 21.6. The highest BCUT2D eigenvalue weighted by Gasteiger charge is 2.37. The Hall–Kier alpha value is -2.09. The van der Waals surface area contributed by atoms with Gasteiger partial charge in [0.2, 0.25) is 11.7 Å². The van der Waals surface area contributed by atoms with Gasteiger partial charge in [-0.2, -0.15) is 0 Å². The lowest BCUT2D eigenvalue weighted by molar-refractivity contribution is -0.125. The van der Waals surface area contributed by atoms with Gasteiger partial charge in [-0.05, 0) is 53.7 Å². The minimum Gasteiger partial charge on any atom is -0.490 e. The first-order valence-corrected chi connectivity index (χ1v) is 11.1. The summed E-state index contributed by atoms with van der Waals surface area (Å²) in [5.41, 5.74) is 0.0547. The molecule has 29 heavy (non-hydrogen) atoms. The van der Waals surface area contributed by atoms with Crippen LogP contribution in [0.3, 0.4) is 0 Å². The van der Waals surface area contributed by atoms with Gasteiger partial charge in [-0.3, -0.25) is 9.59 Å². The molecule has 1 fully saturated rings. The molecular weight excluding hydrogens is 392 g/mol. The van der Waals surface area contributed by atoms with E-state index in [0.29, 0.717) is 54.3 Å². The van der Waals surface area contributed by atoms with E-state index >= 15 is 0 Å². The average Bonchev–Trinajstić information content (AvgIpc) is 3.12. The molecule has 1 aliphatic rings. The quantitative estimate of drug-likeness (QED) is 0.690. The number of thioether (sulfide) groups is 1. The standard InChI is InChI=1S/C21H32N2O5S/c1-7-26-16-10-14(11-17(27-8-2)18(16)28-9-3)20(25)23-13-29-12-15(23)19(24)22-21(4,5)6/h10-11,15H,7-9,12-13H2,1-6H3,(H,22,24). The van der Waals surface area contributed by atoms with Crippen LogP contribution >= 0.6 is 11.8 Å². The van der Waals surface area contributed by atoms with E-state index in [9.17, 15) is 9.59 Å². The molecule has 7 nitrogen and oxygen atoms in total. The molecule has 1 aliphatic heterocycles. The van der Waals surface area contributed by atoms with Crippen LogP contribution in [0.15, 0.2) is 12.1 Å². The smallest absolute Gasteiger partial charge is 0.255 e. The van der Waals surface area contributed by atoms with E-state index in [-0.39, 0.29) is 17.4 Å². The van der Waals surface area contributed by atoms with Crippen LogP contribution < -0.4 is 19.5 Å². The number of benzene rings is 1. The second-order valence-electron chi connectivity index (χ2n) is 7.63. The summed E-state index contributed by atoms with van der Waals surface area (Å²) < 4.78 is 17.1. The molecule has 162 valence electrons. The van der Waals surface area contributed by atoms with Crippen molar-refractivity contribution >= 4 is 23.6 Å². The van der Waals surface area contributed by atoms with Crippen molar-refractivity contribution in [3.05, 3.63) is 17.7 Å². The molecule has 0 bridgehead atoms. The van der Waals surface area contributed by atoms with Gasteiger partial charge in [0.1, 0.15) is 6.04 Å². The van der Waals surface area contributed by atoms with Crippen LogP contribution in [0.4, 0.5) is 0 Å². The minimum atomic E-state index is -0.510. The van der Waals surface area contributed by atoms with E-state index in [4.69, 9.17) is 14.2 Å². The van der Waals surface area contributed by atoms with Gasteiger partial charge >= 0.3 is 0 Å². The third kappa shape index (κ3) is 5.95. The first-order chi connectivity index (χ1) is 13.7. The maximum absolute atomic E-state index is 13.3. The number of hydrogen-bond acceptors (Lipinski definition) is 6. The Morgan fingerprint density at radius 2 is 1.62 bits per heavy atom. The van der Waals surface area contributed by atoms with Crippen LogP contribution in [0.1, 0.15) is 51.9 Å². The molecule has 1 aromatic carbocycles. The van der Waals surface area contributed by atoms with Crippen molar-refractivity contribution in [1.29, 1.82) is 0 Å². The summed E-state index contributed by atoms with van der Waals surface area (Å²) in [6.45, 7) is 12.7. The second-order valence-corrected chi connectivity index (χ2v) is 8.63. The summed E-state index contributed by atoms with van der Waals surface area (Å²) in [5.74, 6) is 2.08. The minimum absolute atomic E-state index is 0.142. The molecule has 1 heterocycles.